The molecular weight excluding hydrogens is 306 g/mol. The minimum Gasteiger partial charge on any atom is -0.323 e. The van der Waals surface area contributed by atoms with Crippen molar-refractivity contribution in [1.82, 2.24) is 0 Å². The summed E-state index contributed by atoms with van der Waals surface area (Å²) in [5.74, 6) is 0.894. The highest BCUT2D eigenvalue weighted by atomic mass is 79.9. The number of aryl methyl sites for hydroxylation is 1. The quantitative estimate of drug-likeness (QED) is 0.836. The molecule has 0 saturated heterocycles. The van der Waals surface area contributed by atoms with Crippen molar-refractivity contribution in [2.24, 2.45) is 5.73 Å². The molecule has 1 atom stereocenters. The van der Waals surface area contributed by atoms with E-state index >= 15 is 0 Å². The topological polar surface area (TPSA) is 26.0 Å². The van der Waals surface area contributed by atoms with Gasteiger partial charge in [-0.15, -0.1) is 11.8 Å². The van der Waals surface area contributed by atoms with Gasteiger partial charge in [0.1, 0.15) is 0 Å². The molecule has 2 aromatic carbocycles. The van der Waals surface area contributed by atoms with Crippen LogP contribution in [0.15, 0.2) is 57.9 Å². The van der Waals surface area contributed by atoms with E-state index in [4.69, 9.17) is 5.73 Å². The maximum Gasteiger partial charge on any atom is 0.0390 e. The summed E-state index contributed by atoms with van der Waals surface area (Å²) in [6.45, 7) is 2.09. The van der Waals surface area contributed by atoms with Crippen LogP contribution in [-0.4, -0.2) is 5.75 Å². The first-order chi connectivity index (χ1) is 8.65. The molecule has 0 heterocycles. The van der Waals surface area contributed by atoms with Gasteiger partial charge in [-0.3, -0.25) is 0 Å². The van der Waals surface area contributed by atoms with E-state index in [1.54, 1.807) is 11.8 Å². The Balaban J connectivity index is 1.93. The lowest BCUT2D eigenvalue weighted by atomic mass is 10.1. The van der Waals surface area contributed by atoms with Crippen LogP contribution in [0.2, 0.25) is 0 Å². The summed E-state index contributed by atoms with van der Waals surface area (Å²) in [7, 11) is 0. The second kappa shape index (κ2) is 6.41. The molecule has 0 amide bonds. The SMILES string of the molecule is Cc1ccc(C(N)CSc2ccc(Br)cc2)cc1. The summed E-state index contributed by atoms with van der Waals surface area (Å²) < 4.78 is 1.11. The third kappa shape index (κ3) is 3.87. The van der Waals surface area contributed by atoms with Crippen LogP contribution in [0.3, 0.4) is 0 Å². The number of thioether (sulfide) groups is 1. The second-order valence-electron chi connectivity index (χ2n) is 4.28. The normalized spacial score (nSPS) is 12.4. The fourth-order valence-corrected chi connectivity index (χ4v) is 2.78. The van der Waals surface area contributed by atoms with E-state index in [9.17, 15) is 0 Å². The van der Waals surface area contributed by atoms with Crippen LogP contribution in [0.4, 0.5) is 0 Å². The third-order valence-electron chi connectivity index (χ3n) is 2.75. The van der Waals surface area contributed by atoms with E-state index in [-0.39, 0.29) is 6.04 Å². The highest BCUT2D eigenvalue weighted by Gasteiger charge is 2.06. The van der Waals surface area contributed by atoms with Crippen molar-refractivity contribution in [2.75, 3.05) is 5.75 Å². The van der Waals surface area contributed by atoms with Gasteiger partial charge in [0.25, 0.3) is 0 Å². The minimum absolute atomic E-state index is 0.0826. The Kier molecular flexibility index (Phi) is 4.87. The van der Waals surface area contributed by atoms with Gasteiger partial charge in [0.2, 0.25) is 0 Å². The monoisotopic (exact) mass is 321 g/mol. The zero-order chi connectivity index (χ0) is 13.0. The van der Waals surface area contributed by atoms with Gasteiger partial charge in [-0.05, 0) is 36.8 Å². The third-order valence-corrected chi connectivity index (χ3v) is 4.41. The van der Waals surface area contributed by atoms with Gasteiger partial charge < -0.3 is 5.73 Å². The second-order valence-corrected chi connectivity index (χ2v) is 6.29. The number of halogens is 1. The largest absolute Gasteiger partial charge is 0.323 e. The molecule has 0 fully saturated rings. The molecule has 0 bridgehead atoms. The van der Waals surface area contributed by atoms with E-state index in [0.29, 0.717) is 0 Å². The number of hydrogen-bond acceptors (Lipinski definition) is 2. The lowest BCUT2D eigenvalue weighted by Gasteiger charge is -2.12. The molecule has 2 rings (SSSR count). The Morgan fingerprint density at radius 3 is 2.28 bits per heavy atom. The molecule has 2 N–H and O–H groups in total. The predicted molar refractivity (Wildman–Crippen MR) is 83.0 cm³/mol. The van der Waals surface area contributed by atoms with E-state index < -0.39 is 0 Å². The molecule has 0 aromatic heterocycles. The van der Waals surface area contributed by atoms with E-state index in [2.05, 4.69) is 71.4 Å². The Labute approximate surface area is 121 Å². The highest BCUT2D eigenvalue weighted by Crippen LogP contribution is 2.24. The first-order valence-corrected chi connectivity index (χ1v) is 7.63. The van der Waals surface area contributed by atoms with Gasteiger partial charge in [0.05, 0.1) is 0 Å². The zero-order valence-electron chi connectivity index (χ0n) is 10.3. The van der Waals surface area contributed by atoms with Gasteiger partial charge in [-0.1, -0.05) is 45.8 Å². The van der Waals surface area contributed by atoms with Gasteiger partial charge in [-0.2, -0.15) is 0 Å². The molecule has 0 aliphatic rings. The summed E-state index contributed by atoms with van der Waals surface area (Å²) in [5, 5.41) is 0. The molecule has 94 valence electrons. The van der Waals surface area contributed by atoms with Gasteiger partial charge in [0, 0.05) is 21.2 Å². The van der Waals surface area contributed by atoms with Crippen LogP contribution in [-0.2, 0) is 0 Å². The minimum atomic E-state index is 0.0826. The van der Waals surface area contributed by atoms with Gasteiger partial charge in [0.15, 0.2) is 0 Å². The fraction of sp³-hybridized carbons (Fsp3) is 0.200. The number of nitrogens with two attached hydrogens (primary N) is 1. The molecule has 0 aliphatic carbocycles. The Morgan fingerprint density at radius 2 is 1.67 bits per heavy atom. The van der Waals surface area contributed by atoms with Crippen LogP contribution in [0.5, 0.6) is 0 Å². The van der Waals surface area contributed by atoms with Crippen LogP contribution >= 0.6 is 27.7 Å². The van der Waals surface area contributed by atoms with Crippen LogP contribution in [0.25, 0.3) is 0 Å². The number of hydrogen-bond donors (Lipinski definition) is 1. The van der Waals surface area contributed by atoms with Crippen molar-refractivity contribution < 1.29 is 0 Å². The molecule has 0 radical (unpaired) electrons. The highest BCUT2D eigenvalue weighted by molar-refractivity contribution is 9.10. The van der Waals surface area contributed by atoms with Crippen molar-refractivity contribution in [3.63, 3.8) is 0 Å². The first kappa shape index (κ1) is 13.7. The van der Waals surface area contributed by atoms with Gasteiger partial charge >= 0.3 is 0 Å². The summed E-state index contributed by atoms with van der Waals surface area (Å²) in [4.78, 5) is 1.25. The van der Waals surface area contributed by atoms with Crippen molar-refractivity contribution in [1.29, 1.82) is 0 Å². The maximum atomic E-state index is 6.19. The Hall–Kier alpha value is -0.770. The molecule has 3 heteroatoms. The van der Waals surface area contributed by atoms with Crippen LogP contribution in [0.1, 0.15) is 17.2 Å². The number of benzene rings is 2. The van der Waals surface area contributed by atoms with Crippen molar-refractivity contribution >= 4 is 27.7 Å². The van der Waals surface area contributed by atoms with E-state index in [1.807, 2.05) is 0 Å². The fourth-order valence-electron chi connectivity index (χ4n) is 1.63. The summed E-state index contributed by atoms with van der Waals surface area (Å²) >= 11 is 5.23. The molecule has 1 nitrogen and oxygen atoms in total. The summed E-state index contributed by atoms with van der Waals surface area (Å²) in [6.07, 6.45) is 0. The van der Waals surface area contributed by atoms with Gasteiger partial charge in [-0.25, -0.2) is 0 Å². The smallest absolute Gasteiger partial charge is 0.0390 e. The standard InChI is InChI=1S/C15H16BrNS/c1-11-2-4-12(5-3-11)15(17)10-18-14-8-6-13(16)7-9-14/h2-9,15H,10,17H2,1H3. The van der Waals surface area contributed by atoms with Crippen LogP contribution < -0.4 is 5.73 Å². The Morgan fingerprint density at radius 1 is 1.06 bits per heavy atom. The van der Waals surface area contributed by atoms with Crippen molar-refractivity contribution in [3.05, 3.63) is 64.1 Å². The number of rotatable bonds is 4. The average molecular weight is 322 g/mol. The first-order valence-electron chi connectivity index (χ1n) is 5.85. The van der Waals surface area contributed by atoms with E-state index in [1.165, 1.54) is 16.0 Å². The molecule has 0 spiro atoms. The zero-order valence-corrected chi connectivity index (χ0v) is 12.7. The van der Waals surface area contributed by atoms with E-state index in [0.717, 1.165) is 10.2 Å². The Bertz CT molecular complexity index is 493. The lowest BCUT2D eigenvalue weighted by molar-refractivity contribution is 0.831. The predicted octanol–water partition coefficient (Wildman–Crippen LogP) is 4.55. The van der Waals surface area contributed by atoms with Crippen LogP contribution in [0, 0.1) is 6.92 Å². The molecule has 1 unspecified atom stereocenters. The summed E-state index contributed by atoms with van der Waals surface area (Å²) in [6, 6.07) is 16.9. The molecular formula is C15H16BrNS. The lowest BCUT2D eigenvalue weighted by Crippen LogP contribution is -2.12. The van der Waals surface area contributed by atoms with Crippen molar-refractivity contribution in [2.45, 2.75) is 17.9 Å². The van der Waals surface area contributed by atoms with Crippen molar-refractivity contribution in [3.8, 4) is 0 Å². The molecule has 18 heavy (non-hydrogen) atoms. The molecule has 0 saturated carbocycles. The molecule has 0 aliphatic heterocycles. The molecule has 2 aromatic rings. The maximum absolute atomic E-state index is 6.19. The summed E-state index contributed by atoms with van der Waals surface area (Å²) in [5.41, 5.74) is 8.66. The average Bonchev–Trinajstić information content (AvgIpc) is 2.38.